The van der Waals surface area contributed by atoms with Crippen molar-refractivity contribution in [1.82, 2.24) is 0 Å². The number of benzene rings is 2. The van der Waals surface area contributed by atoms with Crippen LogP contribution in [0.2, 0.25) is 0 Å². The summed E-state index contributed by atoms with van der Waals surface area (Å²) < 4.78 is 13.0. The number of hydrogen-bond donors (Lipinski definition) is 2. The van der Waals surface area contributed by atoms with Gasteiger partial charge in [-0.3, -0.25) is 4.79 Å². The van der Waals surface area contributed by atoms with Gasteiger partial charge in [-0.15, -0.1) is 0 Å². The molecule has 0 aliphatic carbocycles. The predicted octanol–water partition coefficient (Wildman–Crippen LogP) is 3.68. The topological polar surface area (TPSA) is 55.1 Å². The minimum atomic E-state index is -0.466. The van der Waals surface area contributed by atoms with Crippen LogP contribution in [0.1, 0.15) is 16.7 Å². The number of nitrogens with two attached hydrogens (primary N) is 1. The molecular formula is C17H17FN2O. The normalized spacial score (nSPS) is 10.8. The standard InChI is InChI=1S/C17H17FN2O/c1-11-4-3-5-16(12(11)2)20-17(21)9-7-13-6-8-14(18)15(19)10-13/h3-10H,19H2,1-2H3,(H,20,21)/b9-7+. The number of halogens is 1. The van der Waals surface area contributed by atoms with E-state index < -0.39 is 5.82 Å². The van der Waals surface area contributed by atoms with E-state index in [1.165, 1.54) is 18.2 Å². The number of carbonyl (C=O) groups is 1. The van der Waals surface area contributed by atoms with Crippen LogP contribution >= 0.6 is 0 Å². The summed E-state index contributed by atoms with van der Waals surface area (Å²) in [7, 11) is 0. The largest absolute Gasteiger partial charge is 0.396 e. The van der Waals surface area contributed by atoms with Gasteiger partial charge in [-0.1, -0.05) is 18.2 Å². The zero-order valence-electron chi connectivity index (χ0n) is 12.0. The summed E-state index contributed by atoms with van der Waals surface area (Å²) in [5, 5.41) is 2.82. The molecule has 0 radical (unpaired) electrons. The van der Waals surface area contributed by atoms with Gasteiger partial charge in [-0.05, 0) is 54.8 Å². The fourth-order valence-corrected chi connectivity index (χ4v) is 1.90. The third-order valence-electron chi connectivity index (χ3n) is 3.31. The fraction of sp³-hybridized carbons (Fsp3) is 0.118. The Balaban J connectivity index is 2.09. The van der Waals surface area contributed by atoms with Gasteiger partial charge in [0, 0.05) is 11.8 Å². The molecule has 0 aliphatic heterocycles. The highest BCUT2D eigenvalue weighted by molar-refractivity contribution is 6.02. The van der Waals surface area contributed by atoms with E-state index in [0.29, 0.717) is 5.56 Å². The molecule has 2 aromatic rings. The first-order valence-electron chi connectivity index (χ1n) is 6.57. The van der Waals surface area contributed by atoms with Gasteiger partial charge < -0.3 is 11.1 Å². The van der Waals surface area contributed by atoms with Gasteiger partial charge in [-0.25, -0.2) is 4.39 Å². The third kappa shape index (κ3) is 3.69. The van der Waals surface area contributed by atoms with E-state index in [9.17, 15) is 9.18 Å². The Morgan fingerprint density at radius 2 is 2.00 bits per heavy atom. The highest BCUT2D eigenvalue weighted by atomic mass is 19.1. The molecule has 0 atom stereocenters. The van der Waals surface area contributed by atoms with Crippen molar-refractivity contribution >= 4 is 23.4 Å². The molecule has 0 saturated carbocycles. The van der Waals surface area contributed by atoms with Crippen molar-refractivity contribution in [3.63, 3.8) is 0 Å². The lowest BCUT2D eigenvalue weighted by Crippen LogP contribution is -2.09. The lowest BCUT2D eigenvalue weighted by molar-refractivity contribution is -0.111. The van der Waals surface area contributed by atoms with Crippen molar-refractivity contribution in [2.24, 2.45) is 0 Å². The monoisotopic (exact) mass is 284 g/mol. The van der Waals surface area contributed by atoms with Crippen LogP contribution in [0, 0.1) is 19.7 Å². The molecule has 0 fully saturated rings. The van der Waals surface area contributed by atoms with Crippen LogP contribution in [0.3, 0.4) is 0 Å². The quantitative estimate of drug-likeness (QED) is 0.667. The molecular weight excluding hydrogens is 267 g/mol. The minimum Gasteiger partial charge on any atom is -0.396 e. The first-order valence-corrected chi connectivity index (χ1v) is 6.57. The molecule has 0 saturated heterocycles. The number of rotatable bonds is 3. The van der Waals surface area contributed by atoms with Gasteiger partial charge in [0.25, 0.3) is 0 Å². The average molecular weight is 284 g/mol. The van der Waals surface area contributed by atoms with Crippen molar-refractivity contribution in [3.05, 3.63) is 65.0 Å². The highest BCUT2D eigenvalue weighted by Gasteiger charge is 2.03. The highest BCUT2D eigenvalue weighted by Crippen LogP contribution is 2.18. The molecule has 108 valence electrons. The van der Waals surface area contributed by atoms with E-state index in [-0.39, 0.29) is 11.6 Å². The lowest BCUT2D eigenvalue weighted by Gasteiger charge is -2.08. The number of hydrogen-bond acceptors (Lipinski definition) is 2. The molecule has 3 N–H and O–H groups in total. The van der Waals surface area contributed by atoms with E-state index in [1.54, 1.807) is 12.1 Å². The van der Waals surface area contributed by atoms with Crippen LogP contribution in [0.15, 0.2) is 42.5 Å². The van der Waals surface area contributed by atoms with Crippen molar-refractivity contribution in [1.29, 1.82) is 0 Å². The first-order chi connectivity index (χ1) is 9.97. The molecule has 4 heteroatoms. The Labute approximate surface area is 123 Å². The predicted molar refractivity (Wildman–Crippen MR) is 84.4 cm³/mol. The molecule has 0 heterocycles. The molecule has 2 rings (SSSR count). The van der Waals surface area contributed by atoms with Gasteiger partial charge in [0.05, 0.1) is 5.69 Å². The smallest absolute Gasteiger partial charge is 0.248 e. The van der Waals surface area contributed by atoms with Crippen LogP contribution in [0.25, 0.3) is 6.08 Å². The van der Waals surface area contributed by atoms with Crippen molar-refractivity contribution < 1.29 is 9.18 Å². The van der Waals surface area contributed by atoms with Crippen LogP contribution in [-0.4, -0.2) is 5.91 Å². The fourth-order valence-electron chi connectivity index (χ4n) is 1.90. The van der Waals surface area contributed by atoms with Crippen LogP contribution in [0.5, 0.6) is 0 Å². The second kappa shape index (κ2) is 6.22. The summed E-state index contributed by atoms with van der Waals surface area (Å²) >= 11 is 0. The van der Waals surface area contributed by atoms with E-state index in [1.807, 2.05) is 32.0 Å². The summed E-state index contributed by atoms with van der Waals surface area (Å²) in [6.45, 7) is 3.94. The number of nitrogen functional groups attached to an aromatic ring is 1. The molecule has 0 bridgehead atoms. The van der Waals surface area contributed by atoms with Gasteiger partial charge in [-0.2, -0.15) is 0 Å². The molecule has 0 aliphatic rings. The van der Waals surface area contributed by atoms with Gasteiger partial charge in [0.2, 0.25) is 5.91 Å². The zero-order valence-corrected chi connectivity index (χ0v) is 12.0. The minimum absolute atomic E-state index is 0.0621. The summed E-state index contributed by atoms with van der Waals surface area (Å²) in [5.41, 5.74) is 9.14. The number of anilines is 2. The number of amides is 1. The maximum Gasteiger partial charge on any atom is 0.248 e. The van der Waals surface area contributed by atoms with E-state index in [0.717, 1.165) is 16.8 Å². The molecule has 0 aromatic heterocycles. The Morgan fingerprint density at radius 3 is 2.71 bits per heavy atom. The van der Waals surface area contributed by atoms with Crippen LogP contribution < -0.4 is 11.1 Å². The summed E-state index contributed by atoms with van der Waals surface area (Å²) in [6, 6.07) is 10.1. The Hall–Kier alpha value is -2.62. The molecule has 3 nitrogen and oxygen atoms in total. The van der Waals surface area contributed by atoms with Crippen molar-refractivity contribution in [2.75, 3.05) is 11.1 Å². The summed E-state index contributed by atoms with van der Waals surface area (Å²) in [5.74, 6) is -0.710. The Bertz CT molecular complexity index is 708. The summed E-state index contributed by atoms with van der Waals surface area (Å²) in [4.78, 5) is 11.9. The number of aryl methyl sites for hydroxylation is 1. The lowest BCUT2D eigenvalue weighted by atomic mass is 10.1. The Morgan fingerprint density at radius 1 is 1.24 bits per heavy atom. The molecule has 21 heavy (non-hydrogen) atoms. The van der Waals surface area contributed by atoms with Gasteiger partial charge >= 0.3 is 0 Å². The van der Waals surface area contributed by atoms with Gasteiger partial charge in [0.1, 0.15) is 5.82 Å². The Kier molecular flexibility index (Phi) is 4.38. The second-order valence-corrected chi connectivity index (χ2v) is 4.85. The maximum atomic E-state index is 13.0. The molecule has 1 amide bonds. The van der Waals surface area contributed by atoms with E-state index in [2.05, 4.69) is 5.32 Å². The maximum absolute atomic E-state index is 13.0. The zero-order chi connectivity index (χ0) is 15.4. The molecule has 0 spiro atoms. The number of carbonyl (C=O) groups excluding carboxylic acids is 1. The van der Waals surface area contributed by atoms with Crippen molar-refractivity contribution in [2.45, 2.75) is 13.8 Å². The SMILES string of the molecule is Cc1cccc(NC(=O)/C=C/c2ccc(F)c(N)c2)c1C. The number of nitrogens with one attached hydrogen (secondary N) is 1. The molecule has 2 aromatic carbocycles. The first kappa shape index (κ1) is 14.8. The third-order valence-corrected chi connectivity index (χ3v) is 3.31. The van der Waals surface area contributed by atoms with E-state index in [4.69, 9.17) is 5.73 Å². The van der Waals surface area contributed by atoms with Crippen LogP contribution in [-0.2, 0) is 4.79 Å². The average Bonchev–Trinajstić information content (AvgIpc) is 2.45. The molecule has 0 unspecified atom stereocenters. The summed E-state index contributed by atoms with van der Waals surface area (Å²) in [6.07, 6.45) is 2.99. The van der Waals surface area contributed by atoms with E-state index >= 15 is 0 Å². The van der Waals surface area contributed by atoms with Gasteiger partial charge in [0.15, 0.2) is 0 Å². The second-order valence-electron chi connectivity index (χ2n) is 4.85. The van der Waals surface area contributed by atoms with Crippen LogP contribution in [0.4, 0.5) is 15.8 Å². The van der Waals surface area contributed by atoms with Crippen molar-refractivity contribution in [3.8, 4) is 0 Å².